The van der Waals surface area contributed by atoms with Gasteiger partial charge in [-0.15, -0.1) is 0 Å². The van der Waals surface area contributed by atoms with Gasteiger partial charge in [0.25, 0.3) is 0 Å². The smallest absolute Gasteiger partial charge is 0.417 e. The molecular weight excluding hydrogens is 372 g/mol. The number of esters is 4. The second-order valence-corrected chi connectivity index (χ2v) is 5.00. The topological polar surface area (TPSA) is 131 Å². The Hall–Kier alpha value is -3.82. The van der Waals surface area contributed by atoms with Crippen LogP contribution in [0.1, 0.15) is 20.8 Å². The zero-order valence-electron chi connectivity index (χ0n) is 14.6. The highest BCUT2D eigenvalue weighted by Crippen LogP contribution is 1.99. The van der Waals surface area contributed by atoms with Crippen LogP contribution < -0.4 is 0 Å². The number of carbonyl (C=O) groups excluding carboxylic acids is 4. The van der Waals surface area contributed by atoms with Gasteiger partial charge in [-0.25, -0.2) is 24.2 Å². The Morgan fingerprint density at radius 3 is 1.93 bits per heavy atom. The number of hydrogen-bond donors (Lipinski definition) is 0. The minimum Gasteiger partial charge on any atom is -0.458 e. The Bertz CT molecular complexity index is 741. The van der Waals surface area contributed by atoms with Gasteiger partial charge in [0.1, 0.15) is 32.1 Å². The maximum absolute atomic E-state index is 11.6. The maximum atomic E-state index is 11.6. The molecule has 10 heteroatoms. The van der Waals surface area contributed by atoms with Gasteiger partial charge >= 0.3 is 23.9 Å². The summed E-state index contributed by atoms with van der Waals surface area (Å²) in [5, 5.41) is 0. The van der Waals surface area contributed by atoms with E-state index in [0.29, 0.717) is 0 Å². The van der Waals surface area contributed by atoms with E-state index in [1.54, 1.807) is 18.2 Å². The lowest BCUT2D eigenvalue weighted by Crippen LogP contribution is -2.24. The van der Waals surface area contributed by atoms with E-state index in [4.69, 9.17) is 9.47 Å². The third-order valence-electron chi connectivity index (χ3n) is 3.04. The number of hydrogen-bond acceptors (Lipinski definition) is 10. The van der Waals surface area contributed by atoms with Gasteiger partial charge in [0.05, 0.1) is 5.56 Å². The third kappa shape index (κ3) is 6.83. The van der Waals surface area contributed by atoms with Crippen molar-refractivity contribution in [1.82, 2.24) is 9.97 Å². The van der Waals surface area contributed by atoms with E-state index in [2.05, 4.69) is 19.4 Å². The standard InChI is InChI=1S/C18H16N2O8/c21-15(13-4-3-6-19-12-13)25-8-10-27-17(23)18(24)28-11-9-26-16(22)14-5-1-2-7-20-14/h1-7,12H,8-11H2. The zero-order chi connectivity index (χ0) is 20.2. The molecule has 0 aromatic carbocycles. The van der Waals surface area contributed by atoms with Gasteiger partial charge in [-0.3, -0.25) is 4.98 Å². The molecule has 0 amide bonds. The molecule has 0 unspecified atom stereocenters. The summed E-state index contributed by atoms with van der Waals surface area (Å²) < 4.78 is 18.9. The first kappa shape index (κ1) is 20.5. The van der Waals surface area contributed by atoms with E-state index in [1.165, 1.54) is 30.7 Å². The van der Waals surface area contributed by atoms with Crippen LogP contribution >= 0.6 is 0 Å². The van der Waals surface area contributed by atoms with Gasteiger partial charge in [0.15, 0.2) is 0 Å². The fourth-order valence-electron chi connectivity index (χ4n) is 1.78. The lowest BCUT2D eigenvalue weighted by atomic mass is 10.3. The van der Waals surface area contributed by atoms with E-state index in [-0.39, 0.29) is 37.7 Å². The largest absolute Gasteiger partial charge is 0.458 e. The van der Waals surface area contributed by atoms with Crippen molar-refractivity contribution in [2.45, 2.75) is 0 Å². The molecule has 2 aromatic rings. The molecule has 0 aliphatic rings. The van der Waals surface area contributed by atoms with Gasteiger partial charge in [0, 0.05) is 18.6 Å². The van der Waals surface area contributed by atoms with E-state index in [0.717, 1.165) is 0 Å². The lowest BCUT2D eigenvalue weighted by Gasteiger charge is -2.07. The molecule has 146 valence electrons. The number of nitrogens with zero attached hydrogens (tertiary/aromatic N) is 2. The van der Waals surface area contributed by atoms with Gasteiger partial charge < -0.3 is 18.9 Å². The molecule has 0 N–H and O–H groups in total. The average Bonchev–Trinajstić information content (AvgIpc) is 2.74. The molecule has 10 nitrogen and oxygen atoms in total. The summed E-state index contributed by atoms with van der Waals surface area (Å²) in [6.45, 7) is -1.15. The van der Waals surface area contributed by atoms with Crippen molar-refractivity contribution in [2.75, 3.05) is 26.4 Å². The van der Waals surface area contributed by atoms with Crippen LogP contribution in [0.25, 0.3) is 0 Å². The second-order valence-electron chi connectivity index (χ2n) is 5.00. The van der Waals surface area contributed by atoms with Crippen LogP contribution in [0.15, 0.2) is 48.9 Å². The molecule has 2 rings (SSSR count). The highest BCUT2D eigenvalue weighted by molar-refractivity contribution is 6.29. The van der Waals surface area contributed by atoms with Crippen LogP contribution in [0.2, 0.25) is 0 Å². The van der Waals surface area contributed by atoms with E-state index in [1.807, 2.05) is 0 Å². The summed E-state index contributed by atoms with van der Waals surface area (Å²) >= 11 is 0. The van der Waals surface area contributed by atoms with Crippen molar-refractivity contribution >= 4 is 23.9 Å². The molecule has 0 aliphatic heterocycles. The second kappa shape index (κ2) is 11.0. The number of ether oxygens (including phenoxy) is 4. The van der Waals surface area contributed by atoms with Gasteiger partial charge in [-0.05, 0) is 24.3 Å². The minimum atomic E-state index is -1.26. The molecule has 2 heterocycles. The van der Waals surface area contributed by atoms with Gasteiger partial charge in [0.2, 0.25) is 0 Å². The maximum Gasteiger partial charge on any atom is 0.417 e. The summed E-state index contributed by atoms with van der Waals surface area (Å²) in [6.07, 6.45) is 4.26. The minimum absolute atomic E-state index is 0.106. The molecule has 0 radical (unpaired) electrons. The van der Waals surface area contributed by atoms with Gasteiger partial charge in [-0.2, -0.15) is 0 Å². The molecule has 2 aromatic heterocycles. The van der Waals surface area contributed by atoms with E-state index >= 15 is 0 Å². The molecule has 0 spiro atoms. The van der Waals surface area contributed by atoms with Crippen LogP contribution in [0.3, 0.4) is 0 Å². The number of carbonyl (C=O) groups is 4. The fourth-order valence-corrected chi connectivity index (χ4v) is 1.78. The normalized spacial score (nSPS) is 9.86. The van der Waals surface area contributed by atoms with Crippen molar-refractivity contribution in [3.8, 4) is 0 Å². The van der Waals surface area contributed by atoms with Crippen LogP contribution in [-0.2, 0) is 28.5 Å². The Morgan fingerprint density at radius 2 is 1.36 bits per heavy atom. The molecule has 28 heavy (non-hydrogen) atoms. The highest BCUT2D eigenvalue weighted by atomic mass is 16.6. The Balaban J connectivity index is 1.56. The SMILES string of the molecule is O=C(OCCOC(=O)c1cccnc1)C(=O)OCCOC(=O)c1ccccn1. The van der Waals surface area contributed by atoms with Crippen molar-refractivity contribution < 1.29 is 38.1 Å². The molecule has 0 aliphatic carbocycles. The molecule has 0 atom stereocenters. The zero-order valence-corrected chi connectivity index (χ0v) is 14.6. The number of pyridine rings is 2. The monoisotopic (exact) mass is 388 g/mol. The summed E-state index contributed by atoms with van der Waals surface area (Å²) in [6, 6.07) is 7.81. The molecule has 0 saturated heterocycles. The summed E-state index contributed by atoms with van der Waals surface area (Å²) in [7, 11) is 0. The molecule has 0 saturated carbocycles. The molecule has 0 fully saturated rings. The first-order valence-electron chi connectivity index (χ1n) is 8.07. The van der Waals surface area contributed by atoms with Crippen LogP contribution in [0.5, 0.6) is 0 Å². The molecular formula is C18H16N2O8. The summed E-state index contributed by atoms with van der Waals surface area (Å²) in [5.74, 6) is -3.84. The third-order valence-corrected chi connectivity index (χ3v) is 3.04. The lowest BCUT2D eigenvalue weighted by molar-refractivity contribution is -0.168. The van der Waals surface area contributed by atoms with Crippen molar-refractivity contribution in [2.24, 2.45) is 0 Å². The van der Waals surface area contributed by atoms with Crippen molar-refractivity contribution in [1.29, 1.82) is 0 Å². The van der Waals surface area contributed by atoms with Crippen LogP contribution in [-0.4, -0.2) is 60.3 Å². The van der Waals surface area contributed by atoms with Crippen LogP contribution in [0.4, 0.5) is 0 Å². The van der Waals surface area contributed by atoms with E-state index < -0.39 is 23.9 Å². The van der Waals surface area contributed by atoms with Crippen molar-refractivity contribution in [3.05, 3.63) is 60.2 Å². The fraction of sp³-hybridized carbons (Fsp3) is 0.222. The molecule has 0 bridgehead atoms. The highest BCUT2D eigenvalue weighted by Gasteiger charge is 2.18. The van der Waals surface area contributed by atoms with Gasteiger partial charge in [-0.1, -0.05) is 6.07 Å². The quantitative estimate of drug-likeness (QED) is 0.274. The van der Waals surface area contributed by atoms with E-state index in [9.17, 15) is 19.2 Å². The Labute approximate surface area is 159 Å². The predicted molar refractivity (Wildman–Crippen MR) is 91.0 cm³/mol. The summed E-state index contributed by atoms with van der Waals surface area (Å²) in [4.78, 5) is 53.7. The summed E-state index contributed by atoms with van der Waals surface area (Å²) in [5.41, 5.74) is 0.350. The average molecular weight is 388 g/mol. The number of aromatic nitrogens is 2. The Morgan fingerprint density at radius 1 is 0.714 bits per heavy atom. The first-order valence-corrected chi connectivity index (χ1v) is 8.07. The first-order chi connectivity index (χ1) is 13.6. The van der Waals surface area contributed by atoms with Crippen LogP contribution in [0, 0.1) is 0 Å². The van der Waals surface area contributed by atoms with Crippen molar-refractivity contribution in [3.63, 3.8) is 0 Å². The predicted octanol–water partition coefficient (Wildman–Crippen LogP) is 0.577. The Kier molecular flexibility index (Phi) is 8.06. The number of rotatable bonds is 8.